The lowest BCUT2D eigenvalue weighted by molar-refractivity contribution is 0.0915. The molecule has 0 bridgehead atoms. The lowest BCUT2D eigenvalue weighted by Gasteiger charge is -2.19. The van der Waals surface area contributed by atoms with Gasteiger partial charge in [-0.15, -0.1) is 0 Å². The number of rotatable bonds is 7. The molecule has 0 aromatic heterocycles. The third-order valence-electron chi connectivity index (χ3n) is 3.74. The Balaban J connectivity index is 2.02. The molecule has 104 valence electrons. The van der Waals surface area contributed by atoms with E-state index in [4.69, 9.17) is 5.11 Å². The second kappa shape index (κ2) is 6.83. The maximum absolute atomic E-state index is 12.3. The van der Waals surface area contributed by atoms with Crippen molar-refractivity contribution in [1.82, 2.24) is 4.90 Å². The minimum atomic E-state index is 0.109. The number of carbonyl (C=O) groups is 1. The molecule has 2 rings (SSSR count). The first-order chi connectivity index (χ1) is 9.24. The van der Waals surface area contributed by atoms with E-state index in [1.165, 1.54) is 17.5 Å². The SMILES string of the molecule is CCCN(CCO)CC(=O)c1ccc2c(c1)CCC2. The molecule has 1 aliphatic carbocycles. The van der Waals surface area contributed by atoms with E-state index in [0.717, 1.165) is 31.4 Å². The Bertz CT molecular complexity index is 436. The molecular weight excluding hydrogens is 238 g/mol. The molecule has 1 aromatic carbocycles. The van der Waals surface area contributed by atoms with Gasteiger partial charge in [0.2, 0.25) is 0 Å². The van der Waals surface area contributed by atoms with Crippen molar-refractivity contribution in [2.24, 2.45) is 0 Å². The molecular formula is C16H23NO2. The normalized spacial score (nSPS) is 13.8. The zero-order valence-electron chi connectivity index (χ0n) is 11.7. The van der Waals surface area contributed by atoms with Crippen LogP contribution in [-0.2, 0) is 12.8 Å². The van der Waals surface area contributed by atoms with Crippen molar-refractivity contribution in [3.63, 3.8) is 0 Å². The van der Waals surface area contributed by atoms with Crippen LogP contribution in [0.3, 0.4) is 0 Å². The molecule has 0 saturated heterocycles. The van der Waals surface area contributed by atoms with Gasteiger partial charge < -0.3 is 5.11 Å². The van der Waals surface area contributed by atoms with Gasteiger partial charge >= 0.3 is 0 Å². The van der Waals surface area contributed by atoms with Crippen LogP contribution in [0.5, 0.6) is 0 Å². The summed E-state index contributed by atoms with van der Waals surface area (Å²) in [6.07, 6.45) is 4.46. The van der Waals surface area contributed by atoms with Gasteiger partial charge in [-0.1, -0.05) is 19.1 Å². The highest BCUT2D eigenvalue weighted by Gasteiger charge is 2.15. The predicted molar refractivity (Wildman–Crippen MR) is 76.6 cm³/mol. The van der Waals surface area contributed by atoms with Crippen LogP contribution in [0.1, 0.15) is 41.3 Å². The van der Waals surface area contributed by atoms with Crippen LogP contribution in [0.2, 0.25) is 0 Å². The van der Waals surface area contributed by atoms with Gasteiger partial charge in [0.25, 0.3) is 0 Å². The van der Waals surface area contributed by atoms with E-state index in [-0.39, 0.29) is 12.4 Å². The second-order valence-electron chi connectivity index (χ2n) is 5.26. The third-order valence-corrected chi connectivity index (χ3v) is 3.74. The van der Waals surface area contributed by atoms with Crippen molar-refractivity contribution in [1.29, 1.82) is 0 Å². The highest BCUT2D eigenvalue weighted by Crippen LogP contribution is 2.23. The molecule has 0 atom stereocenters. The van der Waals surface area contributed by atoms with E-state index in [1.807, 2.05) is 11.0 Å². The molecule has 1 N–H and O–H groups in total. The van der Waals surface area contributed by atoms with E-state index < -0.39 is 0 Å². The Kier molecular flexibility index (Phi) is 5.11. The molecule has 3 heteroatoms. The molecule has 0 saturated carbocycles. The molecule has 19 heavy (non-hydrogen) atoms. The summed E-state index contributed by atoms with van der Waals surface area (Å²) >= 11 is 0. The van der Waals surface area contributed by atoms with E-state index in [9.17, 15) is 4.79 Å². The number of carbonyl (C=O) groups excluding carboxylic acids is 1. The molecule has 3 nitrogen and oxygen atoms in total. The molecule has 0 spiro atoms. The molecule has 0 fully saturated rings. The molecule has 0 amide bonds. The average Bonchev–Trinajstić information content (AvgIpc) is 2.86. The van der Waals surface area contributed by atoms with Crippen LogP contribution in [0, 0.1) is 0 Å². The molecule has 1 aliphatic rings. The van der Waals surface area contributed by atoms with Crippen LogP contribution in [-0.4, -0.2) is 42.0 Å². The van der Waals surface area contributed by atoms with Crippen molar-refractivity contribution in [2.75, 3.05) is 26.2 Å². The van der Waals surface area contributed by atoms with Gasteiger partial charge in [-0.05, 0) is 49.4 Å². The van der Waals surface area contributed by atoms with Crippen LogP contribution >= 0.6 is 0 Å². The first kappa shape index (κ1) is 14.2. The van der Waals surface area contributed by atoms with Crippen LogP contribution in [0.15, 0.2) is 18.2 Å². The van der Waals surface area contributed by atoms with Gasteiger partial charge in [-0.2, -0.15) is 0 Å². The first-order valence-electron chi connectivity index (χ1n) is 7.22. The van der Waals surface area contributed by atoms with E-state index in [0.29, 0.717) is 13.1 Å². The summed E-state index contributed by atoms with van der Waals surface area (Å²) in [7, 11) is 0. The minimum absolute atomic E-state index is 0.109. The summed E-state index contributed by atoms with van der Waals surface area (Å²) in [5, 5.41) is 9.02. The summed E-state index contributed by atoms with van der Waals surface area (Å²) in [6, 6.07) is 6.12. The van der Waals surface area contributed by atoms with Crippen molar-refractivity contribution in [2.45, 2.75) is 32.6 Å². The Morgan fingerprint density at radius 3 is 2.79 bits per heavy atom. The van der Waals surface area contributed by atoms with E-state index in [1.54, 1.807) is 0 Å². The van der Waals surface area contributed by atoms with Gasteiger partial charge in [0.15, 0.2) is 5.78 Å². The van der Waals surface area contributed by atoms with Gasteiger partial charge in [0.05, 0.1) is 13.2 Å². The maximum atomic E-state index is 12.3. The minimum Gasteiger partial charge on any atom is -0.395 e. The number of ketones is 1. The summed E-state index contributed by atoms with van der Waals surface area (Å²) in [4.78, 5) is 14.3. The fourth-order valence-corrected chi connectivity index (χ4v) is 2.77. The summed E-state index contributed by atoms with van der Waals surface area (Å²) in [5.74, 6) is 0.164. The van der Waals surface area contributed by atoms with Crippen molar-refractivity contribution in [3.05, 3.63) is 34.9 Å². The molecule has 0 aliphatic heterocycles. The Hall–Kier alpha value is -1.19. The zero-order valence-corrected chi connectivity index (χ0v) is 11.7. The number of aliphatic hydroxyl groups excluding tert-OH is 1. The van der Waals surface area contributed by atoms with E-state index in [2.05, 4.69) is 19.1 Å². The molecule has 0 unspecified atom stereocenters. The number of Topliss-reactive ketones (excluding diaryl/α,β-unsaturated/α-hetero) is 1. The predicted octanol–water partition coefficient (Wildman–Crippen LogP) is 2.06. The first-order valence-corrected chi connectivity index (χ1v) is 7.22. The standard InChI is InChI=1S/C16H23NO2/c1-2-8-17(9-10-18)12-16(19)15-7-6-13-4-3-5-14(13)11-15/h6-7,11,18H,2-5,8-10,12H2,1H3. The van der Waals surface area contributed by atoms with Crippen LogP contribution in [0.25, 0.3) is 0 Å². The van der Waals surface area contributed by atoms with Gasteiger partial charge in [0, 0.05) is 12.1 Å². The number of aliphatic hydroxyl groups is 1. The average molecular weight is 261 g/mol. The lowest BCUT2D eigenvalue weighted by Crippen LogP contribution is -2.33. The molecule has 0 radical (unpaired) electrons. The number of fused-ring (bicyclic) bond motifs is 1. The third kappa shape index (κ3) is 3.64. The molecule has 1 aromatic rings. The number of aryl methyl sites for hydroxylation is 2. The largest absolute Gasteiger partial charge is 0.395 e. The fraction of sp³-hybridized carbons (Fsp3) is 0.562. The monoisotopic (exact) mass is 261 g/mol. The van der Waals surface area contributed by atoms with Gasteiger partial charge in [-0.25, -0.2) is 0 Å². The smallest absolute Gasteiger partial charge is 0.176 e. The highest BCUT2D eigenvalue weighted by atomic mass is 16.3. The quantitative estimate of drug-likeness (QED) is 0.764. The van der Waals surface area contributed by atoms with E-state index >= 15 is 0 Å². The topological polar surface area (TPSA) is 40.5 Å². The number of hydrogen-bond donors (Lipinski definition) is 1. The summed E-state index contributed by atoms with van der Waals surface area (Å²) in [6.45, 7) is 4.04. The zero-order chi connectivity index (χ0) is 13.7. The van der Waals surface area contributed by atoms with Gasteiger partial charge in [0.1, 0.15) is 0 Å². The summed E-state index contributed by atoms with van der Waals surface area (Å²) in [5.41, 5.74) is 3.56. The Morgan fingerprint density at radius 1 is 1.26 bits per heavy atom. The van der Waals surface area contributed by atoms with Crippen molar-refractivity contribution >= 4 is 5.78 Å². The van der Waals surface area contributed by atoms with Crippen LogP contribution in [0.4, 0.5) is 0 Å². The van der Waals surface area contributed by atoms with Crippen molar-refractivity contribution < 1.29 is 9.90 Å². The lowest BCUT2D eigenvalue weighted by atomic mass is 10.0. The summed E-state index contributed by atoms with van der Waals surface area (Å²) < 4.78 is 0. The molecule has 0 heterocycles. The Labute approximate surface area is 115 Å². The van der Waals surface area contributed by atoms with Gasteiger partial charge in [-0.3, -0.25) is 9.69 Å². The fourth-order valence-electron chi connectivity index (χ4n) is 2.77. The van der Waals surface area contributed by atoms with Crippen molar-refractivity contribution in [3.8, 4) is 0 Å². The van der Waals surface area contributed by atoms with Crippen LogP contribution < -0.4 is 0 Å². The second-order valence-corrected chi connectivity index (χ2v) is 5.26. The highest BCUT2D eigenvalue weighted by molar-refractivity contribution is 5.97. The number of nitrogens with zero attached hydrogens (tertiary/aromatic N) is 1. The number of hydrogen-bond acceptors (Lipinski definition) is 3. The maximum Gasteiger partial charge on any atom is 0.176 e. The Morgan fingerprint density at radius 2 is 2.05 bits per heavy atom. The number of benzene rings is 1.